The van der Waals surface area contributed by atoms with Gasteiger partial charge in [-0.05, 0) is 42.5 Å². The molecular formula is C23H17N5O2. The second-order valence-electron chi connectivity index (χ2n) is 6.68. The number of amides is 1. The summed E-state index contributed by atoms with van der Waals surface area (Å²) in [5, 5.41) is 2.84. The van der Waals surface area contributed by atoms with Crippen molar-refractivity contribution in [3.05, 3.63) is 91.1 Å². The van der Waals surface area contributed by atoms with E-state index in [1.807, 2.05) is 66.7 Å². The number of H-pyrrole nitrogens is 2. The minimum atomic E-state index is -0.322. The molecule has 146 valence electrons. The highest BCUT2D eigenvalue weighted by Crippen LogP contribution is 2.26. The SMILES string of the molecule is O=C(Nc1ccc2nc[nH]c2c1)c1ncc(-c2cccc(Oc3ccccc3)c2)[nH]1. The second kappa shape index (κ2) is 7.56. The summed E-state index contributed by atoms with van der Waals surface area (Å²) in [5.41, 5.74) is 3.94. The fourth-order valence-corrected chi connectivity index (χ4v) is 3.14. The van der Waals surface area contributed by atoms with E-state index >= 15 is 0 Å². The molecule has 0 aliphatic carbocycles. The van der Waals surface area contributed by atoms with Gasteiger partial charge in [-0.2, -0.15) is 0 Å². The van der Waals surface area contributed by atoms with Gasteiger partial charge in [0.05, 0.1) is 29.3 Å². The van der Waals surface area contributed by atoms with Gasteiger partial charge in [0.1, 0.15) is 11.5 Å². The van der Waals surface area contributed by atoms with Gasteiger partial charge in [-0.15, -0.1) is 0 Å². The number of para-hydroxylation sites is 1. The highest BCUT2D eigenvalue weighted by molar-refractivity contribution is 6.02. The monoisotopic (exact) mass is 395 g/mol. The number of aromatic nitrogens is 4. The van der Waals surface area contributed by atoms with Gasteiger partial charge in [-0.1, -0.05) is 30.3 Å². The van der Waals surface area contributed by atoms with Gasteiger partial charge in [0.25, 0.3) is 5.91 Å². The average Bonchev–Trinajstić information content (AvgIpc) is 3.44. The molecule has 0 saturated carbocycles. The van der Waals surface area contributed by atoms with Crippen molar-refractivity contribution in [3.8, 4) is 22.8 Å². The first-order valence-corrected chi connectivity index (χ1v) is 9.37. The van der Waals surface area contributed by atoms with Crippen molar-refractivity contribution in [2.45, 2.75) is 0 Å². The third-order valence-corrected chi connectivity index (χ3v) is 4.59. The maximum atomic E-state index is 12.6. The Labute approximate surface area is 171 Å². The lowest BCUT2D eigenvalue weighted by Crippen LogP contribution is -2.13. The van der Waals surface area contributed by atoms with Crippen LogP contribution < -0.4 is 10.1 Å². The lowest BCUT2D eigenvalue weighted by Gasteiger charge is -2.07. The third-order valence-electron chi connectivity index (χ3n) is 4.59. The van der Waals surface area contributed by atoms with Crippen LogP contribution in [0.1, 0.15) is 10.6 Å². The molecule has 5 aromatic rings. The van der Waals surface area contributed by atoms with Crippen LogP contribution in [-0.2, 0) is 0 Å². The topological polar surface area (TPSA) is 95.7 Å². The number of nitrogens with zero attached hydrogens (tertiary/aromatic N) is 2. The molecular weight excluding hydrogens is 378 g/mol. The molecule has 30 heavy (non-hydrogen) atoms. The Morgan fingerprint density at radius 3 is 2.67 bits per heavy atom. The number of rotatable bonds is 5. The number of nitrogens with one attached hydrogen (secondary N) is 3. The summed E-state index contributed by atoms with van der Waals surface area (Å²) in [6, 6.07) is 22.6. The Kier molecular flexibility index (Phi) is 4.46. The molecule has 0 fully saturated rings. The summed E-state index contributed by atoms with van der Waals surface area (Å²) in [6.07, 6.45) is 3.25. The van der Waals surface area contributed by atoms with Crippen LogP contribution in [0.4, 0.5) is 5.69 Å². The highest BCUT2D eigenvalue weighted by Gasteiger charge is 2.13. The van der Waals surface area contributed by atoms with Gasteiger partial charge in [0, 0.05) is 11.3 Å². The molecule has 7 nitrogen and oxygen atoms in total. The maximum absolute atomic E-state index is 12.6. The Balaban J connectivity index is 1.33. The van der Waals surface area contributed by atoms with Crippen molar-refractivity contribution < 1.29 is 9.53 Å². The molecule has 0 aliphatic heterocycles. The molecule has 0 radical (unpaired) electrons. The zero-order valence-corrected chi connectivity index (χ0v) is 15.8. The van der Waals surface area contributed by atoms with Gasteiger partial charge in [-0.3, -0.25) is 4.79 Å². The van der Waals surface area contributed by atoms with E-state index in [-0.39, 0.29) is 11.7 Å². The van der Waals surface area contributed by atoms with E-state index in [1.54, 1.807) is 18.6 Å². The van der Waals surface area contributed by atoms with Gasteiger partial charge in [0.15, 0.2) is 5.82 Å². The predicted octanol–water partition coefficient (Wildman–Crippen LogP) is 5.00. The first-order chi connectivity index (χ1) is 14.7. The molecule has 0 unspecified atom stereocenters. The van der Waals surface area contributed by atoms with Crippen LogP contribution >= 0.6 is 0 Å². The number of anilines is 1. The summed E-state index contributed by atoms with van der Waals surface area (Å²) >= 11 is 0. The molecule has 1 amide bonds. The van der Waals surface area contributed by atoms with Gasteiger partial charge >= 0.3 is 0 Å². The van der Waals surface area contributed by atoms with Gasteiger partial charge in [0.2, 0.25) is 0 Å². The first kappa shape index (κ1) is 17.7. The zero-order chi connectivity index (χ0) is 20.3. The lowest BCUT2D eigenvalue weighted by molar-refractivity contribution is 0.101. The van der Waals surface area contributed by atoms with Crippen molar-refractivity contribution in [1.29, 1.82) is 0 Å². The maximum Gasteiger partial charge on any atom is 0.291 e. The van der Waals surface area contributed by atoms with Crippen LogP contribution in [0.2, 0.25) is 0 Å². The van der Waals surface area contributed by atoms with Crippen LogP contribution in [0.15, 0.2) is 85.3 Å². The number of fused-ring (bicyclic) bond motifs is 1. The van der Waals surface area contributed by atoms with Crippen molar-refractivity contribution in [3.63, 3.8) is 0 Å². The summed E-state index contributed by atoms with van der Waals surface area (Å²) in [5.74, 6) is 1.36. The predicted molar refractivity (Wildman–Crippen MR) is 115 cm³/mol. The molecule has 0 saturated heterocycles. The Morgan fingerprint density at radius 2 is 1.77 bits per heavy atom. The van der Waals surface area contributed by atoms with Crippen LogP contribution in [0.3, 0.4) is 0 Å². The molecule has 3 N–H and O–H groups in total. The minimum Gasteiger partial charge on any atom is -0.457 e. The van der Waals surface area contributed by atoms with E-state index in [1.165, 1.54) is 0 Å². The van der Waals surface area contributed by atoms with Gasteiger partial charge in [-0.25, -0.2) is 9.97 Å². The van der Waals surface area contributed by atoms with E-state index in [4.69, 9.17) is 4.74 Å². The number of carbonyl (C=O) groups is 1. The van der Waals surface area contributed by atoms with Crippen molar-refractivity contribution in [2.75, 3.05) is 5.32 Å². The molecule has 0 bridgehead atoms. The fraction of sp³-hybridized carbons (Fsp3) is 0. The van der Waals surface area contributed by atoms with E-state index in [9.17, 15) is 4.79 Å². The normalized spacial score (nSPS) is 10.8. The number of benzene rings is 3. The van der Waals surface area contributed by atoms with E-state index in [0.29, 0.717) is 11.4 Å². The number of aromatic amines is 2. The zero-order valence-electron chi connectivity index (χ0n) is 15.8. The third kappa shape index (κ3) is 3.64. The number of hydrogen-bond acceptors (Lipinski definition) is 4. The van der Waals surface area contributed by atoms with E-state index in [2.05, 4.69) is 25.3 Å². The Morgan fingerprint density at radius 1 is 0.900 bits per heavy atom. The van der Waals surface area contributed by atoms with Crippen molar-refractivity contribution in [2.24, 2.45) is 0 Å². The number of ether oxygens (including phenoxy) is 1. The van der Waals surface area contributed by atoms with Crippen molar-refractivity contribution in [1.82, 2.24) is 19.9 Å². The molecule has 0 spiro atoms. The number of hydrogen-bond donors (Lipinski definition) is 3. The lowest BCUT2D eigenvalue weighted by atomic mass is 10.1. The highest BCUT2D eigenvalue weighted by atomic mass is 16.5. The summed E-state index contributed by atoms with van der Waals surface area (Å²) in [7, 11) is 0. The smallest absolute Gasteiger partial charge is 0.291 e. The average molecular weight is 395 g/mol. The molecule has 0 atom stereocenters. The molecule has 2 heterocycles. The summed E-state index contributed by atoms with van der Waals surface area (Å²) < 4.78 is 5.88. The molecule has 5 rings (SSSR count). The summed E-state index contributed by atoms with van der Waals surface area (Å²) in [4.78, 5) is 27.1. The van der Waals surface area contributed by atoms with E-state index in [0.717, 1.165) is 28.0 Å². The van der Waals surface area contributed by atoms with Crippen LogP contribution in [0.5, 0.6) is 11.5 Å². The van der Waals surface area contributed by atoms with Gasteiger partial charge < -0.3 is 20.0 Å². The number of carbonyl (C=O) groups excluding carboxylic acids is 1. The molecule has 7 heteroatoms. The Hall–Kier alpha value is -4.39. The first-order valence-electron chi connectivity index (χ1n) is 9.37. The molecule has 3 aromatic carbocycles. The van der Waals surface area contributed by atoms with Crippen LogP contribution in [-0.4, -0.2) is 25.8 Å². The molecule has 2 aromatic heterocycles. The minimum absolute atomic E-state index is 0.226. The van der Waals surface area contributed by atoms with E-state index < -0.39 is 0 Å². The number of imidazole rings is 2. The van der Waals surface area contributed by atoms with Crippen LogP contribution in [0.25, 0.3) is 22.3 Å². The molecule has 0 aliphatic rings. The second-order valence-corrected chi connectivity index (χ2v) is 6.68. The Bertz CT molecular complexity index is 1320. The van der Waals surface area contributed by atoms with Crippen LogP contribution in [0, 0.1) is 0 Å². The summed E-state index contributed by atoms with van der Waals surface area (Å²) in [6.45, 7) is 0. The van der Waals surface area contributed by atoms with Crippen molar-refractivity contribution >= 4 is 22.6 Å². The standard InChI is InChI=1S/C23H17N5O2/c29-23(27-16-9-10-19-20(12-16)26-14-25-19)22-24-13-21(28-22)15-5-4-8-18(11-15)30-17-6-2-1-3-7-17/h1-14H,(H,24,28)(H,25,26)(H,27,29). The largest absolute Gasteiger partial charge is 0.457 e. The quantitative estimate of drug-likeness (QED) is 0.390. The fourth-order valence-electron chi connectivity index (χ4n) is 3.14.